The Balaban J connectivity index is 1.90. The second-order valence-electron chi connectivity index (χ2n) is 5.11. The summed E-state index contributed by atoms with van der Waals surface area (Å²) in [6.07, 6.45) is 2.19. The second kappa shape index (κ2) is 9.06. The number of benzene rings is 2. The first-order valence-electron chi connectivity index (χ1n) is 7.67. The van der Waals surface area contributed by atoms with E-state index in [1.807, 2.05) is 48.5 Å². The fourth-order valence-electron chi connectivity index (χ4n) is 1.97. The number of carbonyl (C=O) groups excluding carboxylic acids is 1. The molecule has 0 aliphatic heterocycles. The molecule has 0 saturated heterocycles. The van der Waals surface area contributed by atoms with Crippen molar-refractivity contribution in [3.8, 4) is 5.75 Å². The first-order valence-corrected chi connectivity index (χ1v) is 8.20. The van der Waals surface area contributed by atoms with Crippen molar-refractivity contribution in [1.82, 2.24) is 0 Å². The summed E-state index contributed by atoms with van der Waals surface area (Å²) >= 11 is 5.46. The van der Waals surface area contributed by atoms with Gasteiger partial charge in [-0.2, -0.15) is 0 Å². The SMILES string of the molecule is CCCCOc1ccc(Nc2ccc(NC(=O)CCl)cc2)cc1. The number of hydrogen-bond acceptors (Lipinski definition) is 3. The molecule has 2 aromatic rings. The lowest BCUT2D eigenvalue weighted by molar-refractivity contribution is -0.113. The minimum absolute atomic E-state index is 0.0489. The predicted octanol–water partition coefficient (Wildman–Crippen LogP) is 4.79. The van der Waals surface area contributed by atoms with E-state index in [9.17, 15) is 4.79 Å². The normalized spacial score (nSPS) is 10.2. The van der Waals surface area contributed by atoms with E-state index >= 15 is 0 Å². The van der Waals surface area contributed by atoms with E-state index < -0.39 is 0 Å². The van der Waals surface area contributed by atoms with Gasteiger partial charge in [-0.05, 0) is 55.0 Å². The summed E-state index contributed by atoms with van der Waals surface area (Å²) in [5.41, 5.74) is 2.64. The van der Waals surface area contributed by atoms with Gasteiger partial charge in [0, 0.05) is 17.1 Å². The standard InChI is InChI=1S/C18H21ClN2O2/c1-2-3-12-23-17-10-8-15(9-11-17)20-14-4-6-16(7-5-14)21-18(22)13-19/h4-11,20H,2-3,12-13H2,1H3,(H,21,22). The minimum Gasteiger partial charge on any atom is -0.494 e. The molecule has 0 bridgehead atoms. The van der Waals surface area contributed by atoms with Crippen molar-refractivity contribution < 1.29 is 9.53 Å². The molecule has 5 heteroatoms. The fraction of sp³-hybridized carbons (Fsp3) is 0.278. The van der Waals surface area contributed by atoms with Crippen molar-refractivity contribution in [3.63, 3.8) is 0 Å². The van der Waals surface area contributed by atoms with Crippen LogP contribution in [0.5, 0.6) is 5.75 Å². The molecule has 0 aliphatic carbocycles. The molecule has 1 amide bonds. The van der Waals surface area contributed by atoms with Crippen LogP contribution in [0.4, 0.5) is 17.1 Å². The lowest BCUT2D eigenvalue weighted by Gasteiger charge is -2.10. The highest BCUT2D eigenvalue weighted by molar-refractivity contribution is 6.29. The van der Waals surface area contributed by atoms with Crippen molar-refractivity contribution in [2.45, 2.75) is 19.8 Å². The monoisotopic (exact) mass is 332 g/mol. The number of nitrogens with one attached hydrogen (secondary N) is 2. The third-order valence-electron chi connectivity index (χ3n) is 3.20. The molecule has 0 saturated carbocycles. The smallest absolute Gasteiger partial charge is 0.239 e. The molecular weight excluding hydrogens is 312 g/mol. The van der Waals surface area contributed by atoms with E-state index in [2.05, 4.69) is 17.6 Å². The van der Waals surface area contributed by atoms with Gasteiger partial charge in [0.15, 0.2) is 0 Å². The third kappa shape index (κ3) is 5.83. The fourth-order valence-corrected chi connectivity index (χ4v) is 2.03. The van der Waals surface area contributed by atoms with Crippen molar-refractivity contribution in [1.29, 1.82) is 0 Å². The molecule has 122 valence electrons. The molecule has 0 fully saturated rings. The highest BCUT2D eigenvalue weighted by Gasteiger charge is 2.01. The summed E-state index contributed by atoms with van der Waals surface area (Å²) < 4.78 is 5.64. The molecule has 4 nitrogen and oxygen atoms in total. The number of alkyl halides is 1. The predicted molar refractivity (Wildman–Crippen MR) is 95.9 cm³/mol. The zero-order valence-corrected chi connectivity index (χ0v) is 13.9. The number of hydrogen-bond donors (Lipinski definition) is 2. The highest BCUT2D eigenvalue weighted by atomic mass is 35.5. The summed E-state index contributed by atoms with van der Waals surface area (Å²) in [5.74, 6) is 0.612. The maximum absolute atomic E-state index is 11.2. The summed E-state index contributed by atoms with van der Waals surface area (Å²) in [4.78, 5) is 11.2. The Bertz CT molecular complexity index is 612. The molecule has 0 radical (unpaired) electrons. The Kier molecular flexibility index (Phi) is 6.76. The van der Waals surface area contributed by atoms with Crippen LogP contribution in [0.3, 0.4) is 0 Å². The molecule has 0 heterocycles. The van der Waals surface area contributed by atoms with E-state index in [4.69, 9.17) is 16.3 Å². The topological polar surface area (TPSA) is 50.4 Å². The van der Waals surface area contributed by atoms with Crippen LogP contribution in [0.15, 0.2) is 48.5 Å². The van der Waals surface area contributed by atoms with Gasteiger partial charge in [0.05, 0.1) is 6.61 Å². The zero-order chi connectivity index (χ0) is 16.5. The maximum atomic E-state index is 11.2. The van der Waals surface area contributed by atoms with Crippen LogP contribution in [-0.4, -0.2) is 18.4 Å². The van der Waals surface area contributed by atoms with Gasteiger partial charge in [0.2, 0.25) is 5.91 Å². The summed E-state index contributed by atoms with van der Waals surface area (Å²) in [7, 11) is 0. The zero-order valence-electron chi connectivity index (χ0n) is 13.1. The number of carbonyl (C=O) groups is 1. The van der Waals surface area contributed by atoms with E-state index in [1.54, 1.807) is 0 Å². The summed E-state index contributed by atoms with van der Waals surface area (Å²) in [5, 5.41) is 6.00. The quantitative estimate of drug-likeness (QED) is 0.540. The number of ether oxygens (including phenoxy) is 1. The van der Waals surface area contributed by atoms with Gasteiger partial charge in [-0.15, -0.1) is 11.6 Å². The molecule has 2 N–H and O–H groups in total. The molecule has 0 unspecified atom stereocenters. The Morgan fingerprint density at radius 3 is 2.13 bits per heavy atom. The lowest BCUT2D eigenvalue weighted by atomic mass is 10.2. The first-order chi connectivity index (χ1) is 11.2. The molecule has 0 aromatic heterocycles. The number of halogens is 1. The van der Waals surface area contributed by atoms with Crippen LogP contribution in [0.25, 0.3) is 0 Å². The van der Waals surface area contributed by atoms with Gasteiger partial charge in [-0.25, -0.2) is 0 Å². The van der Waals surface area contributed by atoms with Crippen molar-refractivity contribution in [2.24, 2.45) is 0 Å². The first kappa shape index (κ1) is 17.2. The number of rotatable bonds is 8. The number of anilines is 3. The summed E-state index contributed by atoms with van der Waals surface area (Å²) in [6, 6.07) is 15.3. The summed E-state index contributed by atoms with van der Waals surface area (Å²) in [6.45, 7) is 2.89. The number of amides is 1. The lowest BCUT2D eigenvalue weighted by Crippen LogP contribution is -2.12. The molecule has 2 aromatic carbocycles. The highest BCUT2D eigenvalue weighted by Crippen LogP contribution is 2.21. The van der Waals surface area contributed by atoms with Gasteiger partial charge >= 0.3 is 0 Å². The molecule has 0 aliphatic rings. The molecule has 0 spiro atoms. The van der Waals surface area contributed by atoms with Gasteiger partial charge in [-0.1, -0.05) is 13.3 Å². The van der Waals surface area contributed by atoms with Gasteiger partial charge < -0.3 is 15.4 Å². The van der Waals surface area contributed by atoms with Crippen LogP contribution in [0.1, 0.15) is 19.8 Å². The van der Waals surface area contributed by atoms with Gasteiger partial charge in [-0.3, -0.25) is 4.79 Å². The van der Waals surface area contributed by atoms with Crippen LogP contribution in [-0.2, 0) is 4.79 Å². The average Bonchev–Trinajstić information content (AvgIpc) is 2.58. The van der Waals surface area contributed by atoms with E-state index in [0.29, 0.717) is 0 Å². The van der Waals surface area contributed by atoms with E-state index in [-0.39, 0.29) is 11.8 Å². The molecular formula is C18H21ClN2O2. The van der Waals surface area contributed by atoms with Crippen LogP contribution >= 0.6 is 11.6 Å². The Morgan fingerprint density at radius 1 is 1.00 bits per heavy atom. The maximum Gasteiger partial charge on any atom is 0.239 e. The van der Waals surface area contributed by atoms with Gasteiger partial charge in [0.1, 0.15) is 11.6 Å². The van der Waals surface area contributed by atoms with Crippen molar-refractivity contribution >= 4 is 34.6 Å². The molecule has 2 rings (SSSR count). The largest absolute Gasteiger partial charge is 0.494 e. The Hall–Kier alpha value is -2.20. The average molecular weight is 333 g/mol. The number of unbranched alkanes of at least 4 members (excludes halogenated alkanes) is 1. The Labute approximate surface area is 141 Å². The molecule has 23 heavy (non-hydrogen) atoms. The van der Waals surface area contributed by atoms with Gasteiger partial charge in [0.25, 0.3) is 0 Å². The Morgan fingerprint density at radius 2 is 1.57 bits per heavy atom. The van der Waals surface area contributed by atoms with E-state index in [1.165, 1.54) is 0 Å². The van der Waals surface area contributed by atoms with Crippen molar-refractivity contribution in [2.75, 3.05) is 23.1 Å². The third-order valence-corrected chi connectivity index (χ3v) is 3.44. The second-order valence-corrected chi connectivity index (χ2v) is 5.38. The minimum atomic E-state index is -0.217. The van der Waals surface area contributed by atoms with Crippen molar-refractivity contribution in [3.05, 3.63) is 48.5 Å². The van der Waals surface area contributed by atoms with Crippen LogP contribution < -0.4 is 15.4 Å². The van der Waals surface area contributed by atoms with Crippen LogP contribution in [0, 0.1) is 0 Å². The molecule has 0 atom stereocenters. The van der Waals surface area contributed by atoms with E-state index in [0.717, 1.165) is 42.3 Å². The van der Waals surface area contributed by atoms with Crippen LogP contribution in [0.2, 0.25) is 0 Å².